The lowest BCUT2D eigenvalue weighted by atomic mass is 10.0. The molecular formula is C19H21F2N3O3. The van der Waals surface area contributed by atoms with Crippen molar-refractivity contribution in [2.24, 2.45) is 0 Å². The van der Waals surface area contributed by atoms with Gasteiger partial charge in [-0.1, -0.05) is 42.5 Å². The van der Waals surface area contributed by atoms with Gasteiger partial charge in [0.1, 0.15) is 11.8 Å². The molecule has 2 rings (SSSR count). The van der Waals surface area contributed by atoms with Crippen LogP contribution in [0.2, 0.25) is 0 Å². The largest absolute Gasteiger partial charge is 0.435 e. The molecule has 2 N–H and O–H groups in total. The molecule has 6 nitrogen and oxygen atoms in total. The highest BCUT2D eigenvalue weighted by Gasteiger charge is 2.26. The zero-order valence-electron chi connectivity index (χ0n) is 15.0. The van der Waals surface area contributed by atoms with E-state index >= 15 is 0 Å². The van der Waals surface area contributed by atoms with Crippen molar-refractivity contribution >= 4 is 11.9 Å². The quantitative estimate of drug-likeness (QED) is 0.778. The number of nitrogens with zero attached hydrogens (tertiary/aromatic N) is 1. The smallest absolute Gasteiger partial charge is 0.387 e. The maximum absolute atomic E-state index is 12.6. The molecule has 0 aliphatic rings. The molecule has 3 amide bonds. The summed E-state index contributed by atoms with van der Waals surface area (Å²) in [5.41, 5.74) is 1.52. The highest BCUT2D eigenvalue weighted by molar-refractivity contribution is 5.97. The minimum absolute atomic E-state index is 0.0633. The Bertz CT molecular complexity index is 755. The van der Waals surface area contributed by atoms with Crippen molar-refractivity contribution in [1.29, 1.82) is 0 Å². The van der Waals surface area contributed by atoms with Crippen molar-refractivity contribution in [2.75, 3.05) is 14.1 Å². The number of alkyl halides is 2. The molecule has 0 radical (unpaired) electrons. The second-order valence-corrected chi connectivity index (χ2v) is 5.82. The van der Waals surface area contributed by atoms with Crippen LogP contribution in [0.15, 0.2) is 54.6 Å². The van der Waals surface area contributed by atoms with Crippen molar-refractivity contribution in [1.82, 2.24) is 15.5 Å². The number of amides is 3. The minimum atomic E-state index is -2.88. The summed E-state index contributed by atoms with van der Waals surface area (Å²) in [6.07, 6.45) is 0. The van der Waals surface area contributed by atoms with Crippen molar-refractivity contribution < 1.29 is 23.1 Å². The first-order chi connectivity index (χ1) is 12.9. The Kier molecular flexibility index (Phi) is 7.25. The molecule has 0 aromatic heterocycles. The number of nitrogens with one attached hydrogen (secondary N) is 2. The van der Waals surface area contributed by atoms with Gasteiger partial charge in [0.15, 0.2) is 0 Å². The van der Waals surface area contributed by atoms with Crippen LogP contribution in [-0.4, -0.2) is 37.5 Å². The monoisotopic (exact) mass is 377 g/mol. The Hall–Kier alpha value is -3.00. The van der Waals surface area contributed by atoms with Crippen LogP contribution in [0.1, 0.15) is 17.2 Å². The molecule has 0 saturated heterocycles. The molecular weight excluding hydrogens is 356 g/mol. The third kappa shape index (κ3) is 6.03. The normalized spacial score (nSPS) is 11.9. The van der Waals surface area contributed by atoms with Crippen LogP contribution >= 0.6 is 0 Å². The van der Waals surface area contributed by atoms with Gasteiger partial charge in [0.2, 0.25) is 5.91 Å². The number of halogens is 2. The van der Waals surface area contributed by atoms with E-state index in [0.29, 0.717) is 6.54 Å². The van der Waals surface area contributed by atoms with E-state index in [0.717, 1.165) is 11.1 Å². The Morgan fingerprint density at radius 3 is 2.26 bits per heavy atom. The lowest BCUT2D eigenvalue weighted by Crippen LogP contribution is -2.44. The molecule has 2 aromatic rings. The molecule has 1 atom stereocenters. The SMILES string of the molecule is CNC(=O)NC(=O)[C@@H](c1ccccc1)N(C)Cc1ccc(OC(F)F)cc1. The summed E-state index contributed by atoms with van der Waals surface area (Å²) in [6, 6.07) is 13.9. The van der Waals surface area contributed by atoms with Crippen molar-refractivity contribution in [3.05, 3.63) is 65.7 Å². The van der Waals surface area contributed by atoms with Gasteiger partial charge in [-0.2, -0.15) is 8.78 Å². The number of ether oxygens (including phenoxy) is 1. The predicted molar refractivity (Wildman–Crippen MR) is 96.3 cm³/mol. The van der Waals surface area contributed by atoms with Gasteiger partial charge in [-0.3, -0.25) is 15.0 Å². The van der Waals surface area contributed by atoms with Crippen molar-refractivity contribution in [3.8, 4) is 5.75 Å². The van der Waals surface area contributed by atoms with Crippen LogP contribution in [0.3, 0.4) is 0 Å². The van der Waals surface area contributed by atoms with Crippen LogP contribution in [0, 0.1) is 0 Å². The van der Waals surface area contributed by atoms with Gasteiger partial charge in [0, 0.05) is 13.6 Å². The molecule has 144 valence electrons. The van der Waals surface area contributed by atoms with Crippen molar-refractivity contribution in [2.45, 2.75) is 19.2 Å². The van der Waals surface area contributed by atoms with E-state index in [1.807, 2.05) is 6.07 Å². The molecule has 0 heterocycles. The minimum Gasteiger partial charge on any atom is -0.435 e. The Labute approximate surface area is 156 Å². The van der Waals surface area contributed by atoms with Crippen LogP contribution < -0.4 is 15.4 Å². The first-order valence-corrected chi connectivity index (χ1v) is 8.22. The summed E-state index contributed by atoms with van der Waals surface area (Å²) in [5.74, 6) is -0.408. The average molecular weight is 377 g/mol. The summed E-state index contributed by atoms with van der Waals surface area (Å²) in [6.45, 7) is -2.52. The zero-order valence-corrected chi connectivity index (χ0v) is 15.0. The van der Waals surface area contributed by atoms with E-state index < -0.39 is 24.6 Å². The molecule has 0 unspecified atom stereocenters. The van der Waals surface area contributed by atoms with Gasteiger partial charge in [-0.05, 0) is 30.3 Å². The molecule has 0 bridgehead atoms. The van der Waals surface area contributed by atoms with Crippen LogP contribution in [-0.2, 0) is 11.3 Å². The van der Waals surface area contributed by atoms with Crippen LogP contribution in [0.25, 0.3) is 0 Å². The first kappa shape index (κ1) is 20.3. The molecule has 0 aliphatic heterocycles. The maximum atomic E-state index is 12.6. The number of carbonyl (C=O) groups excluding carboxylic acids is 2. The zero-order chi connectivity index (χ0) is 19.8. The lowest BCUT2D eigenvalue weighted by molar-refractivity contribution is -0.125. The number of rotatable bonds is 7. The Morgan fingerprint density at radius 1 is 1.07 bits per heavy atom. The molecule has 2 aromatic carbocycles. The van der Waals surface area contributed by atoms with Crippen LogP contribution in [0.4, 0.5) is 13.6 Å². The number of likely N-dealkylation sites (N-methyl/N-ethyl adjacent to an activating group) is 1. The van der Waals surface area contributed by atoms with E-state index in [4.69, 9.17) is 0 Å². The summed E-state index contributed by atoms with van der Waals surface area (Å²) >= 11 is 0. The molecule has 0 spiro atoms. The van der Waals surface area contributed by atoms with Crippen LogP contribution in [0.5, 0.6) is 5.75 Å². The standard InChI is InChI=1S/C19H21F2N3O3/c1-22-19(26)23-17(25)16(14-6-4-3-5-7-14)24(2)12-13-8-10-15(11-9-13)27-18(20)21/h3-11,16,18H,12H2,1-2H3,(H2,22,23,25,26)/t16-/m1/s1. The van der Waals surface area contributed by atoms with E-state index in [1.165, 1.54) is 19.2 Å². The number of hydrogen-bond donors (Lipinski definition) is 2. The number of urea groups is 1. The molecule has 0 aliphatic carbocycles. The van der Waals surface area contributed by atoms with Gasteiger partial charge >= 0.3 is 12.6 Å². The topological polar surface area (TPSA) is 70.7 Å². The lowest BCUT2D eigenvalue weighted by Gasteiger charge is -2.27. The van der Waals surface area contributed by atoms with Gasteiger partial charge in [0.25, 0.3) is 0 Å². The van der Waals surface area contributed by atoms with E-state index in [9.17, 15) is 18.4 Å². The highest BCUT2D eigenvalue weighted by Crippen LogP contribution is 2.23. The van der Waals surface area contributed by atoms with Gasteiger partial charge in [-0.15, -0.1) is 0 Å². The highest BCUT2D eigenvalue weighted by atomic mass is 19.3. The summed E-state index contributed by atoms with van der Waals surface area (Å²) < 4.78 is 28.8. The maximum Gasteiger partial charge on any atom is 0.387 e. The number of hydrogen-bond acceptors (Lipinski definition) is 4. The van der Waals surface area contributed by atoms with E-state index in [1.54, 1.807) is 48.3 Å². The fourth-order valence-corrected chi connectivity index (χ4v) is 2.64. The second kappa shape index (κ2) is 9.63. The molecule has 0 fully saturated rings. The number of carbonyl (C=O) groups is 2. The molecule has 0 saturated carbocycles. The third-order valence-corrected chi connectivity index (χ3v) is 3.85. The first-order valence-electron chi connectivity index (χ1n) is 8.22. The van der Waals surface area contributed by atoms with Crippen molar-refractivity contribution in [3.63, 3.8) is 0 Å². The van der Waals surface area contributed by atoms with Gasteiger partial charge in [-0.25, -0.2) is 4.79 Å². The van der Waals surface area contributed by atoms with Gasteiger partial charge < -0.3 is 10.1 Å². The number of imide groups is 1. The Morgan fingerprint density at radius 2 is 1.70 bits per heavy atom. The Balaban J connectivity index is 2.17. The fraction of sp³-hybridized carbons (Fsp3) is 0.263. The molecule has 8 heteroatoms. The third-order valence-electron chi connectivity index (χ3n) is 3.85. The summed E-state index contributed by atoms with van der Waals surface area (Å²) in [4.78, 5) is 25.9. The van der Waals surface area contributed by atoms with E-state index in [-0.39, 0.29) is 5.75 Å². The van der Waals surface area contributed by atoms with Gasteiger partial charge in [0.05, 0.1) is 0 Å². The summed E-state index contributed by atoms with van der Waals surface area (Å²) in [5, 5.41) is 4.64. The van der Waals surface area contributed by atoms with E-state index in [2.05, 4.69) is 15.4 Å². The predicted octanol–water partition coefficient (Wildman–Crippen LogP) is 2.92. The summed E-state index contributed by atoms with van der Waals surface area (Å²) in [7, 11) is 3.16. The average Bonchev–Trinajstić information content (AvgIpc) is 2.64. The molecule has 27 heavy (non-hydrogen) atoms. The second-order valence-electron chi connectivity index (χ2n) is 5.82. The fourth-order valence-electron chi connectivity index (χ4n) is 2.64. The number of benzene rings is 2.